The molecule has 112 valence electrons. The molecule has 0 aromatic heterocycles. The summed E-state index contributed by atoms with van der Waals surface area (Å²) in [6.07, 6.45) is -2.50. The van der Waals surface area contributed by atoms with Gasteiger partial charge in [-0.25, -0.2) is 4.85 Å². The number of hydrogen-bond donors (Lipinski definition) is 3. The smallest absolute Gasteiger partial charge is 0.229 e. The predicted octanol–water partition coefficient (Wildman–Crippen LogP) is 0.783. The molecule has 5 atom stereocenters. The average molecular weight is 291 g/mol. The van der Waals surface area contributed by atoms with Crippen molar-refractivity contribution in [1.29, 1.82) is 0 Å². The largest absolute Gasteiger partial charge is 0.462 e. The van der Waals surface area contributed by atoms with E-state index in [4.69, 9.17) is 16.0 Å². The van der Waals surface area contributed by atoms with E-state index in [1.165, 1.54) is 6.20 Å². The van der Waals surface area contributed by atoms with Crippen LogP contribution in [0.5, 0.6) is 5.75 Å². The fourth-order valence-electron chi connectivity index (χ4n) is 2.03. The van der Waals surface area contributed by atoms with E-state index in [2.05, 4.69) is 4.85 Å². The molecule has 0 spiro atoms. The van der Waals surface area contributed by atoms with Crippen LogP contribution < -0.4 is 4.74 Å². The summed E-state index contributed by atoms with van der Waals surface area (Å²) < 4.78 is 10.8. The zero-order valence-electron chi connectivity index (χ0n) is 11.5. The molecule has 0 amide bonds. The van der Waals surface area contributed by atoms with E-state index in [-0.39, 0.29) is 0 Å². The number of nitrogens with zero attached hydrogens (tertiary/aromatic N) is 1. The normalized spacial score (nSPS) is 32.8. The lowest BCUT2D eigenvalue weighted by Crippen LogP contribution is -2.58. The molecular weight excluding hydrogens is 274 g/mol. The highest BCUT2D eigenvalue weighted by atomic mass is 16.7. The fraction of sp³-hybridized carbons (Fsp3) is 0.400. The summed E-state index contributed by atoms with van der Waals surface area (Å²) in [7, 11) is 0. The molecule has 0 aliphatic carbocycles. The Hall–Kier alpha value is -1.91. The number of rotatable bonds is 3. The summed E-state index contributed by atoms with van der Waals surface area (Å²) in [6, 6.07) is 6.84. The number of hydrogen-bond acceptors (Lipinski definition) is 5. The summed E-state index contributed by atoms with van der Waals surface area (Å²) in [4.78, 5) is 3.11. The average Bonchev–Trinajstić information content (AvgIpc) is 2.50. The molecular formula is C15H17NO5. The highest BCUT2D eigenvalue weighted by Gasteiger charge is 2.43. The molecule has 3 N–H and O–H groups in total. The summed E-state index contributed by atoms with van der Waals surface area (Å²) in [5, 5.41) is 29.2. The van der Waals surface area contributed by atoms with E-state index in [1.54, 1.807) is 37.3 Å². The highest BCUT2D eigenvalue weighted by Crippen LogP contribution is 2.24. The number of aliphatic hydroxyl groups is 3. The lowest BCUT2D eigenvalue weighted by atomic mass is 10.00. The van der Waals surface area contributed by atoms with Crippen molar-refractivity contribution in [2.75, 3.05) is 0 Å². The van der Waals surface area contributed by atoms with Crippen LogP contribution in [-0.2, 0) is 4.74 Å². The van der Waals surface area contributed by atoms with Gasteiger partial charge in [-0.2, -0.15) is 0 Å². The first-order valence-electron chi connectivity index (χ1n) is 6.52. The maximum absolute atomic E-state index is 9.85. The van der Waals surface area contributed by atoms with Crippen molar-refractivity contribution in [2.45, 2.75) is 37.6 Å². The summed E-state index contributed by atoms with van der Waals surface area (Å²) in [5.74, 6) is 0.454. The van der Waals surface area contributed by atoms with E-state index in [0.29, 0.717) is 5.75 Å². The SMILES string of the molecule is [C-]#[N+]C=Cc1ccc(O[C@H]2O[C@H](C)[C@@H](O)[C@H](O)[C@@H]2O)cc1. The van der Waals surface area contributed by atoms with Gasteiger partial charge in [0.2, 0.25) is 6.29 Å². The molecule has 6 nitrogen and oxygen atoms in total. The summed E-state index contributed by atoms with van der Waals surface area (Å²) in [5.41, 5.74) is 0.840. The van der Waals surface area contributed by atoms with E-state index < -0.39 is 30.7 Å². The van der Waals surface area contributed by atoms with Crippen LogP contribution in [0.1, 0.15) is 12.5 Å². The summed E-state index contributed by atoms with van der Waals surface area (Å²) in [6.45, 7) is 8.26. The fourth-order valence-corrected chi connectivity index (χ4v) is 2.03. The van der Waals surface area contributed by atoms with Gasteiger partial charge in [-0.15, -0.1) is 0 Å². The molecule has 2 rings (SSSR count). The molecule has 0 saturated carbocycles. The van der Waals surface area contributed by atoms with Crippen LogP contribution in [0, 0.1) is 6.57 Å². The van der Waals surface area contributed by atoms with Gasteiger partial charge in [-0.3, -0.25) is 0 Å². The number of benzene rings is 1. The Kier molecular flexibility index (Phi) is 4.94. The van der Waals surface area contributed by atoms with Gasteiger partial charge in [0.1, 0.15) is 24.1 Å². The van der Waals surface area contributed by atoms with Crippen molar-refractivity contribution >= 4 is 6.08 Å². The minimum atomic E-state index is -1.34. The van der Waals surface area contributed by atoms with Crippen molar-refractivity contribution in [3.05, 3.63) is 47.4 Å². The maximum atomic E-state index is 9.85. The lowest BCUT2D eigenvalue weighted by molar-refractivity contribution is -0.268. The maximum Gasteiger partial charge on any atom is 0.229 e. The Bertz CT molecular complexity index is 536. The van der Waals surface area contributed by atoms with E-state index in [0.717, 1.165) is 5.56 Å². The second-order valence-electron chi connectivity index (χ2n) is 4.81. The third-order valence-electron chi connectivity index (χ3n) is 3.28. The second kappa shape index (κ2) is 6.70. The molecule has 6 heteroatoms. The number of ether oxygens (including phenoxy) is 2. The van der Waals surface area contributed by atoms with Crippen molar-refractivity contribution in [3.8, 4) is 5.75 Å². The molecule has 1 aliphatic rings. The molecule has 1 aromatic rings. The second-order valence-corrected chi connectivity index (χ2v) is 4.81. The topological polar surface area (TPSA) is 83.5 Å². The minimum absolute atomic E-state index is 0.454. The van der Waals surface area contributed by atoms with Gasteiger partial charge in [0.05, 0.1) is 12.7 Å². The Morgan fingerprint density at radius 2 is 1.81 bits per heavy atom. The van der Waals surface area contributed by atoms with E-state index >= 15 is 0 Å². The Balaban J connectivity index is 2.04. The minimum Gasteiger partial charge on any atom is -0.462 e. The molecule has 0 radical (unpaired) electrons. The third-order valence-corrected chi connectivity index (χ3v) is 3.28. The molecule has 1 saturated heterocycles. The van der Waals surface area contributed by atoms with Gasteiger partial charge in [0.15, 0.2) is 6.20 Å². The molecule has 1 aromatic carbocycles. The van der Waals surface area contributed by atoms with Gasteiger partial charge in [-0.05, 0) is 24.6 Å². The van der Waals surface area contributed by atoms with Crippen molar-refractivity contribution in [1.82, 2.24) is 0 Å². The third kappa shape index (κ3) is 3.60. The van der Waals surface area contributed by atoms with Crippen LogP contribution in [0.3, 0.4) is 0 Å². The first kappa shape index (κ1) is 15.5. The Morgan fingerprint density at radius 1 is 1.14 bits per heavy atom. The van der Waals surface area contributed by atoms with Crippen molar-refractivity contribution < 1.29 is 24.8 Å². The van der Waals surface area contributed by atoms with Gasteiger partial charge in [-0.1, -0.05) is 18.2 Å². The van der Waals surface area contributed by atoms with Gasteiger partial charge in [0.25, 0.3) is 0 Å². The van der Waals surface area contributed by atoms with Gasteiger partial charge in [0, 0.05) is 0 Å². The summed E-state index contributed by atoms with van der Waals surface area (Å²) >= 11 is 0. The number of aliphatic hydroxyl groups excluding tert-OH is 3. The van der Waals surface area contributed by atoms with Crippen LogP contribution in [0.4, 0.5) is 0 Å². The molecule has 1 fully saturated rings. The first-order chi connectivity index (χ1) is 10.0. The van der Waals surface area contributed by atoms with Crippen LogP contribution >= 0.6 is 0 Å². The predicted molar refractivity (Wildman–Crippen MR) is 75.1 cm³/mol. The Morgan fingerprint density at radius 3 is 2.43 bits per heavy atom. The van der Waals surface area contributed by atoms with Gasteiger partial charge < -0.3 is 24.8 Å². The van der Waals surface area contributed by atoms with Crippen LogP contribution in [0.15, 0.2) is 30.5 Å². The van der Waals surface area contributed by atoms with Crippen LogP contribution in [0.25, 0.3) is 10.9 Å². The van der Waals surface area contributed by atoms with Crippen LogP contribution in [-0.4, -0.2) is 46.0 Å². The van der Waals surface area contributed by atoms with Crippen molar-refractivity contribution in [2.24, 2.45) is 0 Å². The monoisotopic (exact) mass is 291 g/mol. The Labute approximate surface area is 122 Å². The molecule has 21 heavy (non-hydrogen) atoms. The van der Waals surface area contributed by atoms with Gasteiger partial charge >= 0.3 is 0 Å². The van der Waals surface area contributed by atoms with E-state index in [9.17, 15) is 15.3 Å². The van der Waals surface area contributed by atoms with Crippen LogP contribution in [0.2, 0.25) is 0 Å². The van der Waals surface area contributed by atoms with Crippen molar-refractivity contribution in [3.63, 3.8) is 0 Å². The lowest BCUT2D eigenvalue weighted by Gasteiger charge is -2.38. The molecule has 1 aliphatic heterocycles. The quantitative estimate of drug-likeness (QED) is 0.717. The standard InChI is InChI=1S/C15H17NO5/c1-9-12(17)13(18)14(19)15(20-9)21-11-5-3-10(4-6-11)7-8-16-2/h3-9,12-15,17-19H,1H3/t9-,12-,13+,14+,15-/m1/s1. The van der Waals surface area contributed by atoms with E-state index in [1.807, 2.05) is 0 Å². The highest BCUT2D eigenvalue weighted by molar-refractivity contribution is 5.51. The molecule has 0 unspecified atom stereocenters. The molecule has 1 heterocycles. The zero-order valence-corrected chi connectivity index (χ0v) is 11.5. The molecule has 0 bridgehead atoms. The zero-order chi connectivity index (χ0) is 15.4. The first-order valence-corrected chi connectivity index (χ1v) is 6.52.